The summed E-state index contributed by atoms with van der Waals surface area (Å²) in [6.45, 7) is 3.99. The molecule has 0 aliphatic rings. The Morgan fingerprint density at radius 1 is 1.03 bits per heavy atom. The van der Waals surface area contributed by atoms with Crippen molar-refractivity contribution in [3.63, 3.8) is 0 Å². The lowest BCUT2D eigenvalue weighted by atomic mass is 10.1. The van der Waals surface area contributed by atoms with Gasteiger partial charge in [-0.1, -0.05) is 18.2 Å². The van der Waals surface area contributed by atoms with Gasteiger partial charge in [-0.15, -0.1) is 11.3 Å². The Labute approximate surface area is 206 Å². The number of ether oxygens (including phenoxy) is 2. The number of aromatic nitrogens is 2. The van der Waals surface area contributed by atoms with Crippen LogP contribution in [-0.4, -0.2) is 35.8 Å². The summed E-state index contributed by atoms with van der Waals surface area (Å²) < 4.78 is 13.5. The average Bonchev–Trinajstić information content (AvgIpc) is 3.34. The van der Waals surface area contributed by atoms with Crippen molar-refractivity contribution in [1.29, 1.82) is 0 Å². The molecule has 0 saturated carbocycles. The van der Waals surface area contributed by atoms with Crippen molar-refractivity contribution in [3.8, 4) is 17.2 Å². The largest absolute Gasteiger partial charge is 0.493 e. The number of rotatable bonds is 8. The van der Waals surface area contributed by atoms with E-state index in [2.05, 4.69) is 5.32 Å². The van der Waals surface area contributed by atoms with Crippen LogP contribution < -0.4 is 26.0 Å². The van der Waals surface area contributed by atoms with Crippen LogP contribution in [0.4, 0.5) is 0 Å². The van der Waals surface area contributed by atoms with Gasteiger partial charge in [-0.05, 0) is 66.6 Å². The van der Waals surface area contributed by atoms with Crippen LogP contribution in [-0.2, 0) is 17.8 Å². The zero-order chi connectivity index (χ0) is 25.1. The number of hydrogen-bond donors (Lipinski definition) is 1. The van der Waals surface area contributed by atoms with Crippen LogP contribution in [0.1, 0.15) is 16.7 Å². The van der Waals surface area contributed by atoms with Crippen molar-refractivity contribution < 1.29 is 14.3 Å². The standard InChI is InChI=1S/C26H27N3O5S/c1-16-6-5-7-19(17(16)2)29-25(31)24-20(11-13-35-24)28(26(29)32)15-23(30)27-12-10-18-8-9-21(33-3)22(14-18)34-4/h5-9,11,13-14H,10,12,15H2,1-4H3,(H,27,30). The van der Waals surface area contributed by atoms with E-state index in [9.17, 15) is 14.4 Å². The normalized spacial score (nSPS) is 11.0. The van der Waals surface area contributed by atoms with Gasteiger partial charge < -0.3 is 14.8 Å². The van der Waals surface area contributed by atoms with Crippen molar-refractivity contribution in [2.75, 3.05) is 20.8 Å². The third kappa shape index (κ3) is 4.72. The third-order valence-electron chi connectivity index (χ3n) is 6.06. The van der Waals surface area contributed by atoms with Crippen molar-refractivity contribution in [2.24, 2.45) is 0 Å². The van der Waals surface area contributed by atoms with E-state index in [-0.39, 0.29) is 18.0 Å². The molecule has 0 aliphatic carbocycles. The summed E-state index contributed by atoms with van der Waals surface area (Å²) in [5, 5.41) is 4.62. The minimum absolute atomic E-state index is 0.191. The highest BCUT2D eigenvalue weighted by Crippen LogP contribution is 2.27. The Hall–Kier alpha value is -3.85. The quantitative estimate of drug-likeness (QED) is 0.407. The monoisotopic (exact) mass is 493 g/mol. The first kappa shape index (κ1) is 24.3. The summed E-state index contributed by atoms with van der Waals surface area (Å²) >= 11 is 1.26. The van der Waals surface area contributed by atoms with Gasteiger partial charge >= 0.3 is 5.69 Å². The van der Waals surface area contributed by atoms with Gasteiger partial charge in [-0.3, -0.25) is 14.2 Å². The number of methoxy groups -OCH3 is 2. The van der Waals surface area contributed by atoms with E-state index < -0.39 is 5.69 Å². The number of hydrogen-bond acceptors (Lipinski definition) is 6. The molecule has 0 aliphatic heterocycles. The number of nitrogens with one attached hydrogen (secondary N) is 1. The Morgan fingerprint density at radius 2 is 1.80 bits per heavy atom. The molecule has 0 saturated heterocycles. The second kappa shape index (κ2) is 10.2. The maximum absolute atomic E-state index is 13.5. The number of carbonyl (C=O) groups excluding carboxylic acids is 1. The SMILES string of the molecule is COc1ccc(CCNC(=O)Cn2c(=O)n(-c3cccc(C)c3C)c(=O)c3sccc32)cc1OC. The van der Waals surface area contributed by atoms with Gasteiger partial charge in [0, 0.05) is 6.54 Å². The molecule has 0 fully saturated rings. The van der Waals surface area contributed by atoms with Gasteiger partial charge in [0.25, 0.3) is 5.56 Å². The highest BCUT2D eigenvalue weighted by Gasteiger charge is 2.19. The summed E-state index contributed by atoms with van der Waals surface area (Å²) in [7, 11) is 3.15. The van der Waals surface area contributed by atoms with Crippen LogP contribution in [0.15, 0.2) is 57.4 Å². The molecule has 0 unspecified atom stereocenters. The Bertz CT molecular complexity index is 1520. The molecular formula is C26H27N3O5S. The van der Waals surface area contributed by atoms with Gasteiger partial charge in [0.2, 0.25) is 5.91 Å². The number of thiophene rings is 1. The second-order valence-electron chi connectivity index (χ2n) is 8.15. The number of benzene rings is 2. The van der Waals surface area contributed by atoms with Gasteiger partial charge in [0.05, 0.1) is 25.4 Å². The first-order chi connectivity index (χ1) is 16.8. The minimum atomic E-state index is -0.537. The molecule has 1 N–H and O–H groups in total. The summed E-state index contributed by atoms with van der Waals surface area (Å²) in [5.41, 5.74) is 2.86. The first-order valence-electron chi connectivity index (χ1n) is 11.1. The number of amides is 1. The number of carbonyl (C=O) groups is 1. The van der Waals surface area contributed by atoms with Crippen LogP contribution >= 0.6 is 11.3 Å². The van der Waals surface area contributed by atoms with E-state index in [1.807, 2.05) is 44.2 Å². The van der Waals surface area contributed by atoms with Crippen LogP contribution in [0.3, 0.4) is 0 Å². The van der Waals surface area contributed by atoms with E-state index >= 15 is 0 Å². The second-order valence-corrected chi connectivity index (χ2v) is 9.07. The summed E-state index contributed by atoms with van der Waals surface area (Å²) in [5.74, 6) is 0.945. The predicted octanol–water partition coefficient (Wildman–Crippen LogP) is 3.21. The highest BCUT2D eigenvalue weighted by molar-refractivity contribution is 7.17. The van der Waals surface area contributed by atoms with Crippen LogP contribution in [0, 0.1) is 13.8 Å². The highest BCUT2D eigenvalue weighted by atomic mass is 32.1. The van der Waals surface area contributed by atoms with E-state index in [1.165, 1.54) is 15.9 Å². The lowest BCUT2D eigenvalue weighted by molar-refractivity contribution is -0.121. The summed E-state index contributed by atoms with van der Waals surface area (Å²) in [4.78, 5) is 39.4. The van der Waals surface area contributed by atoms with Crippen molar-refractivity contribution in [1.82, 2.24) is 14.5 Å². The fraction of sp³-hybridized carbons (Fsp3) is 0.269. The molecule has 0 atom stereocenters. The average molecular weight is 494 g/mol. The lowest BCUT2D eigenvalue weighted by Crippen LogP contribution is -2.42. The topological polar surface area (TPSA) is 91.6 Å². The summed E-state index contributed by atoms with van der Waals surface area (Å²) in [6.07, 6.45) is 0.580. The van der Waals surface area contributed by atoms with Crippen LogP contribution in [0.5, 0.6) is 11.5 Å². The van der Waals surface area contributed by atoms with Crippen molar-refractivity contribution >= 4 is 27.5 Å². The summed E-state index contributed by atoms with van der Waals surface area (Å²) in [6, 6.07) is 12.8. The molecule has 0 radical (unpaired) electrons. The first-order valence-corrected chi connectivity index (χ1v) is 12.0. The number of fused-ring (bicyclic) bond motifs is 1. The molecule has 0 spiro atoms. The number of aryl methyl sites for hydroxylation is 1. The Morgan fingerprint density at radius 3 is 2.54 bits per heavy atom. The molecule has 9 heteroatoms. The molecular weight excluding hydrogens is 466 g/mol. The third-order valence-corrected chi connectivity index (χ3v) is 6.95. The Kier molecular flexibility index (Phi) is 7.07. The Balaban J connectivity index is 1.58. The van der Waals surface area contributed by atoms with Crippen LogP contribution in [0.2, 0.25) is 0 Å². The fourth-order valence-corrected chi connectivity index (χ4v) is 4.84. The minimum Gasteiger partial charge on any atom is -0.493 e. The van der Waals surface area contributed by atoms with Crippen LogP contribution in [0.25, 0.3) is 15.9 Å². The van der Waals surface area contributed by atoms with E-state index in [1.54, 1.807) is 31.7 Å². The lowest BCUT2D eigenvalue weighted by Gasteiger charge is -2.15. The molecule has 0 bridgehead atoms. The fourth-order valence-electron chi connectivity index (χ4n) is 4.01. The maximum atomic E-state index is 13.5. The van der Waals surface area contributed by atoms with Gasteiger partial charge in [0.1, 0.15) is 11.2 Å². The molecule has 182 valence electrons. The van der Waals surface area contributed by atoms with Crippen molar-refractivity contribution in [3.05, 3.63) is 85.4 Å². The molecule has 35 heavy (non-hydrogen) atoms. The predicted molar refractivity (Wildman–Crippen MR) is 137 cm³/mol. The molecule has 4 rings (SSSR count). The zero-order valence-corrected chi connectivity index (χ0v) is 20.9. The van der Waals surface area contributed by atoms with Gasteiger partial charge in [-0.2, -0.15) is 0 Å². The van der Waals surface area contributed by atoms with E-state index in [0.717, 1.165) is 21.3 Å². The maximum Gasteiger partial charge on any atom is 0.336 e. The van der Waals surface area contributed by atoms with E-state index in [4.69, 9.17) is 9.47 Å². The van der Waals surface area contributed by atoms with E-state index in [0.29, 0.717) is 40.4 Å². The molecule has 8 nitrogen and oxygen atoms in total. The molecule has 4 aromatic rings. The molecule has 2 aromatic heterocycles. The number of nitrogens with zero attached hydrogens (tertiary/aromatic N) is 2. The zero-order valence-electron chi connectivity index (χ0n) is 20.1. The van der Waals surface area contributed by atoms with Gasteiger partial charge in [0.15, 0.2) is 11.5 Å². The van der Waals surface area contributed by atoms with Gasteiger partial charge in [-0.25, -0.2) is 9.36 Å². The smallest absolute Gasteiger partial charge is 0.336 e. The van der Waals surface area contributed by atoms with Crippen molar-refractivity contribution in [2.45, 2.75) is 26.8 Å². The molecule has 2 heterocycles. The molecule has 1 amide bonds. The molecule has 2 aromatic carbocycles.